The summed E-state index contributed by atoms with van der Waals surface area (Å²) in [5, 5.41) is 9.18. The predicted molar refractivity (Wildman–Crippen MR) is 106 cm³/mol. The normalized spacial score (nSPS) is 10.8. The van der Waals surface area contributed by atoms with Crippen LogP contribution < -0.4 is 10.5 Å². The number of ether oxygens (including phenoxy) is 1. The summed E-state index contributed by atoms with van der Waals surface area (Å²) < 4.78 is 7.91. The number of hydrogen-bond donors (Lipinski definition) is 1. The van der Waals surface area contributed by atoms with Gasteiger partial charge in [-0.25, -0.2) is 0 Å². The van der Waals surface area contributed by atoms with Gasteiger partial charge in [0.05, 0.1) is 11.4 Å². The molecule has 2 aromatic carbocycles. The highest BCUT2D eigenvalue weighted by molar-refractivity contribution is 7.99. The number of rotatable bonds is 7. The van der Waals surface area contributed by atoms with E-state index in [1.165, 1.54) is 11.8 Å². The number of carbonyl (C=O) groups is 1. The lowest BCUT2D eigenvalue weighted by Crippen LogP contribution is -2.14. The molecule has 1 amide bonds. The van der Waals surface area contributed by atoms with Gasteiger partial charge in [-0.3, -0.25) is 9.36 Å². The van der Waals surface area contributed by atoms with E-state index in [4.69, 9.17) is 10.5 Å². The Kier molecular flexibility index (Phi) is 5.81. The maximum atomic E-state index is 11.2. The highest BCUT2D eigenvalue weighted by atomic mass is 32.2. The zero-order valence-corrected chi connectivity index (χ0v) is 16.4. The van der Waals surface area contributed by atoms with Crippen molar-refractivity contribution in [3.05, 3.63) is 65.0 Å². The Bertz CT molecular complexity index is 968. The van der Waals surface area contributed by atoms with Gasteiger partial charge >= 0.3 is 0 Å². The van der Waals surface area contributed by atoms with E-state index in [1.807, 2.05) is 47.9 Å². The van der Waals surface area contributed by atoms with Crippen LogP contribution in [-0.2, 0) is 11.4 Å². The number of para-hydroxylation sites is 1. The molecule has 0 aliphatic rings. The molecule has 7 heteroatoms. The Balaban J connectivity index is 1.97. The van der Waals surface area contributed by atoms with Crippen LogP contribution in [0.15, 0.2) is 47.6 Å². The molecular formula is C20H22N4O2S. The molecule has 6 nitrogen and oxygen atoms in total. The van der Waals surface area contributed by atoms with Crippen molar-refractivity contribution in [2.45, 2.75) is 32.5 Å². The molecule has 0 radical (unpaired) electrons. The van der Waals surface area contributed by atoms with Crippen LogP contribution in [0.2, 0.25) is 0 Å². The molecule has 2 N–H and O–H groups in total. The van der Waals surface area contributed by atoms with Crippen LogP contribution in [0, 0.1) is 20.8 Å². The molecule has 0 unspecified atom stereocenters. The summed E-state index contributed by atoms with van der Waals surface area (Å²) in [4.78, 5) is 11.2. The van der Waals surface area contributed by atoms with Crippen molar-refractivity contribution in [3.8, 4) is 11.4 Å². The Labute approximate surface area is 162 Å². The van der Waals surface area contributed by atoms with Crippen molar-refractivity contribution in [3.63, 3.8) is 0 Å². The number of aryl methyl sites for hydroxylation is 2. The average Bonchev–Trinajstić information content (AvgIpc) is 3.04. The first-order valence-corrected chi connectivity index (χ1v) is 9.56. The van der Waals surface area contributed by atoms with Crippen molar-refractivity contribution < 1.29 is 9.53 Å². The fourth-order valence-electron chi connectivity index (χ4n) is 2.70. The van der Waals surface area contributed by atoms with Gasteiger partial charge in [0.1, 0.15) is 12.4 Å². The van der Waals surface area contributed by atoms with Crippen LogP contribution in [-0.4, -0.2) is 26.4 Å². The summed E-state index contributed by atoms with van der Waals surface area (Å²) in [7, 11) is 0. The van der Waals surface area contributed by atoms with E-state index in [0.29, 0.717) is 11.0 Å². The fourth-order valence-corrected chi connectivity index (χ4v) is 3.41. The lowest BCUT2D eigenvalue weighted by atomic mass is 10.1. The standard InChI is InChI=1S/C20H22N4O2S/c1-13-8-6-9-16(15(13)3)24-19(22-23-20(24)27-12-18(21)25)11-26-17-10-5-4-7-14(17)2/h4-10H,11-12H2,1-3H3,(H2,21,25). The Morgan fingerprint density at radius 1 is 1.07 bits per heavy atom. The van der Waals surface area contributed by atoms with Crippen molar-refractivity contribution in [2.24, 2.45) is 5.73 Å². The second-order valence-electron chi connectivity index (χ2n) is 6.26. The number of nitrogens with two attached hydrogens (primary N) is 1. The van der Waals surface area contributed by atoms with E-state index in [1.54, 1.807) is 0 Å². The highest BCUT2D eigenvalue weighted by Crippen LogP contribution is 2.26. The third-order valence-corrected chi connectivity index (χ3v) is 5.26. The SMILES string of the molecule is Cc1ccccc1OCc1nnc(SCC(N)=O)n1-c1cccc(C)c1C. The zero-order chi connectivity index (χ0) is 19.4. The second kappa shape index (κ2) is 8.26. The van der Waals surface area contributed by atoms with Gasteiger partial charge in [0.2, 0.25) is 5.91 Å². The largest absolute Gasteiger partial charge is 0.485 e. The summed E-state index contributed by atoms with van der Waals surface area (Å²) in [5.74, 6) is 1.22. The summed E-state index contributed by atoms with van der Waals surface area (Å²) in [6.07, 6.45) is 0. The molecule has 0 aliphatic carbocycles. The molecule has 3 aromatic rings. The van der Waals surface area contributed by atoms with Crippen molar-refractivity contribution in [1.29, 1.82) is 0 Å². The number of hydrogen-bond acceptors (Lipinski definition) is 5. The molecule has 0 fully saturated rings. The minimum Gasteiger partial charge on any atom is -0.485 e. The van der Waals surface area contributed by atoms with Gasteiger partial charge in [0.25, 0.3) is 0 Å². The minimum absolute atomic E-state index is 0.141. The highest BCUT2D eigenvalue weighted by Gasteiger charge is 2.18. The third kappa shape index (κ3) is 4.31. The van der Waals surface area contributed by atoms with Crippen molar-refractivity contribution in [1.82, 2.24) is 14.8 Å². The molecule has 0 atom stereocenters. The number of primary amides is 1. The van der Waals surface area contributed by atoms with Crippen LogP contribution in [0.25, 0.3) is 5.69 Å². The Hall–Kier alpha value is -2.80. The van der Waals surface area contributed by atoms with Crippen LogP contribution in [0.5, 0.6) is 5.75 Å². The first-order valence-electron chi connectivity index (χ1n) is 8.57. The lowest BCUT2D eigenvalue weighted by molar-refractivity contribution is -0.115. The first kappa shape index (κ1) is 19.0. The van der Waals surface area contributed by atoms with E-state index >= 15 is 0 Å². The molecule has 0 saturated heterocycles. The molecule has 1 heterocycles. The lowest BCUT2D eigenvalue weighted by Gasteiger charge is -2.15. The minimum atomic E-state index is -0.395. The van der Waals surface area contributed by atoms with E-state index in [-0.39, 0.29) is 12.4 Å². The smallest absolute Gasteiger partial charge is 0.227 e. The van der Waals surface area contributed by atoms with Crippen LogP contribution in [0.4, 0.5) is 0 Å². The molecule has 0 spiro atoms. The molecule has 140 valence electrons. The summed E-state index contributed by atoms with van der Waals surface area (Å²) in [5.41, 5.74) is 9.61. The van der Waals surface area contributed by atoms with Crippen molar-refractivity contribution in [2.75, 3.05) is 5.75 Å². The predicted octanol–water partition coefficient (Wildman–Crippen LogP) is 3.35. The summed E-state index contributed by atoms with van der Waals surface area (Å²) in [6, 6.07) is 13.9. The summed E-state index contributed by atoms with van der Waals surface area (Å²) >= 11 is 1.27. The Morgan fingerprint density at radius 3 is 2.56 bits per heavy atom. The average molecular weight is 382 g/mol. The first-order chi connectivity index (χ1) is 13.0. The number of thioether (sulfide) groups is 1. The molecular weight excluding hydrogens is 360 g/mol. The Morgan fingerprint density at radius 2 is 1.81 bits per heavy atom. The quantitative estimate of drug-likeness (QED) is 0.634. The molecule has 0 aliphatic heterocycles. The monoisotopic (exact) mass is 382 g/mol. The fraction of sp³-hybridized carbons (Fsp3) is 0.250. The molecule has 27 heavy (non-hydrogen) atoms. The van der Waals surface area contributed by atoms with Gasteiger partial charge < -0.3 is 10.5 Å². The zero-order valence-electron chi connectivity index (χ0n) is 15.6. The van der Waals surface area contributed by atoms with Crippen LogP contribution in [0.1, 0.15) is 22.5 Å². The number of aromatic nitrogens is 3. The maximum Gasteiger partial charge on any atom is 0.227 e. The van der Waals surface area contributed by atoms with E-state index in [0.717, 1.165) is 28.1 Å². The van der Waals surface area contributed by atoms with Gasteiger partial charge in [0, 0.05) is 0 Å². The van der Waals surface area contributed by atoms with E-state index in [2.05, 4.69) is 30.1 Å². The number of amides is 1. The van der Waals surface area contributed by atoms with E-state index in [9.17, 15) is 4.79 Å². The molecule has 0 bridgehead atoms. The number of nitrogens with zero attached hydrogens (tertiary/aromatic N) is 3. The van der Waals surface area contributed by atoms with Crippen LogP contribution in [0.3, 0.4) is 0 Å². The van der Waals surface area contributed by atoms with Gasteiger partial charge in [0.15, 0.2) is 11.0 Å². The van der Waals surface area contributed by atoms with Gasteiger partial charge in [-0.15, -0.1) is 10.2 Å². The molecule has 1 aromatic heterocycles. The van der Waals surface area contributed by atoms with Crippen molar-refractivity contribution >= 4 is 17.7 Å². The topological polar surface area (TPSA) is 83.0 Å². The third-order valence-electron chi connectivity index (χ3n) is 4.31. The summed E-state index contributed by atoms with van der Waals surface area (Å²) in [6.45, 7) is 6.38. The van der Waals surface area contributed by atoms with Gasteiger partial charge in [-0.05, 0) is 49.6 Å². The molecule has 0 saturated carbocycles. The van der Waals surface area contributed by atoms with Gasteiger partial charge in [-0.2, -0.15) is 0 Å². The maximum absolute atomic E-state index is 11.2. The van der Waals surface area contributed by atoms with Gasteiger partial charge in [-0.1, -0.05) is 42.1 Å². The van der Waals surface area contributed by atoms with E-state index < -0.39 is 5.91 Å². The second-order valence-corrected chi connectivity index (χ2v) is 7.20. The van der Waals surface area contributed by atoms with Crippen LogP contribution >= 0.6 is 11.8 Å². The number of carbonyl (C=O) groups excluding carboxylic acids is 1. The number of benzene rings is 2. The molecule has 3 rings (SSSR count).